The van der Waals surface area contributed by atoms with Gasteiger partial charge in [-0.25, -0.2) is 4.98 Å². The summed E-state index contributed by atoms with van der Waals surface area (Å²) >= 11 is 0. The number of hydrogen-bond donors (Lipinski definition) is 2. The van der Waals surface area contributed by atoms with E-state index in [2.05, 4.69) is 15.3 Å². The van der Waals surface area contributed by atoms with E-state index in [0.29, 0.717) is 12.4 Å². The quantitative estimate of drug-likeness (QED) is 0.850. The molecule has 1 saturated carbocycles. The maximum absolute atomic E-state index is 11.8. The van der Waals surface area contributed by atoms with Gasteiger partial charge in [-0.05, 0) is 19.4 Å². The Hall–Kier alpha value is -1.20. The number of methoxy groups -OCH3 is 1. The predicted octanol–water partition coefficient (Wildman–Crippen LogP) is 1.69. The normalized spacial score (nSPS) is 18.4. The molecule has 0 aromatic carbocycles. The number of ether oxygens (including phenoxy) is 1. The lowest BCUT2D eigenvalue weighted by atomic mass is 9.84. The molecule has 1 fully saturated rings. The van der Waals surface area contributed by atoms with E-state index >= 15 is 0 Å². The second-order valence-electron chi connectivity index (χ2n) is 5.12. The van der Waals surface area contributed by atoms with Crippen LogP contribution >= 0.6 is 0 Å². The lowest BCUT2D eigenvalue weighted by Crippen LogP contribution is -2.35. The van der Waals surface area contributed by atoms with Crippen molar-refractivity contribution in [3.63, 3.8) is 0 Å². The van der Waals surface area contributed by atoms with Crippen LogP contribution in [0.25, 0.3) is 0 Å². The van der Waals surface area contributed by atoms with Crippen LogP contribution in [0, 0.1) is 0 Å². The predicted molar refractivity (Wildman–Crippen MR) is 74.0 cm³/mol. The summed E-state index contributed by atoms with van der Waals surface area (Å²) < 4.78 is 5.73. The molecule has 0 saturated heterocycles. The van der Waals surface area contributed by atoms with Gasteiger partial charge in [0.1, 0.15) is 11.4 Å². The fraction of sp³-hybridized carbons (Fsp3) is 0.714. The van der Waals surface area contributed by atoms with Crippen LogP contribution < -0.4 is 10.9 Å². The molecule has 5 nitrogen and oxygen atoms in total. The molecule has 1 aliphatic rings. The van der Waals surface area contributed by atoms with Crippen molar-refractivity contribution in [3.8, 4) is 0 Å². The molecular formula is C14H23N3O2. The maximum Gasteiger partial charge on any atom is 0.251 e. The first-order valence-corrected chi connectivity index (χ1v) is 7.07. The SMILES string of the molecule is CCNCc1cc(=O)[nH]c(C2(OC)CCCCC2)n1. The van der Waals surface area contributed by atoms with Crippen molar-refractivity contribution >= 4 is 0 Å². The molecular weight excluding hydrogens is 242 g/mol. The van der Waals surface area contributed by atoms with Crippen molar-refractivity contribution in [2.24, 2.45) is 0 Å². The van der Waals surface area contributed by atoms with Crippen LogP contribution in [0.15, 0.2) is 10.9 Å². The molecule has 5 heteroatoms. The number of aromatic nitrogens is 2. The highest BCUT2D eigenvalue weighted by molar-refractivity contribution is 5.10. The van der Waals surface area contributed by atoms with E-state index in [9.17, 15) is 4.79 Å². The summed E-state index contributed by atoms with van der Waals surface area (Å²) in [6.45, 7) is 3.51. The average Bonchev–Trinajstić information content (AvgIpc) is 2.45. The van der Waals surface area contributed by atoms with E-state index in [1.165, 1.54) is 6.42 Å². The molecule has 1 aromatic rings. The standard InChI is InChI=1S/C14H23N3O2/c1-3-15-10-11-9-12(18)17-13(16-11)14(19-2)7-5-4-6-8-14/h9,15H,3-8,10H2,1-2H3,(H,16,17,18). The van der Waals surface area contributed by atoms with E-state index in [0.717, 1.165) is 37.9 Å². The molecule has 0 bridgehead atoms. The molecule has 19 heavy (non-hydrogen) atoms. The van der Waals surface area contributed by atoms with E-state index in [-0.39, 0.29) is 5.56 Å². The van der Waals surface area contributed by atoms with Crippen LogP contribution in [-0.4, -0.2) is 23.6 Å². The van der Waals surface area contributed by atoms with Gasteiger partial charge in [0.2, 0.25) is 0 Å². The summed E-state index contributed by atoms with van der Waals surface area (Å²) in [5.41, 5.74) is 0.280. The summed E-state index contributed by atoms with van der Waals surface area (Å²) in [4.78, 5) is 19.3. The van der Waals surface area contributed by atoms with Crippen molar-refractivity contribution in [1.82, 2.24) is 15.3 Å². The average molecular weight is 265 g/mol. The molecule has 0 radical (unpaired) electrons. The van der Waals surface area contributed by atoms with Gasteiger partial charge < -0.3 is 15.0 Å². The summed E-state index contributed by atoms with van der Waals surface area (Å²) in [5.74, 6) is 0.690. The van der Waals surface area contributed by atoms with Crippen molar-refractivity contribution in [3.05, 3.63) is 27.9 Å². The highest BCUT2D eigenvalue weighted by atomic mass is 16.5. The van der Waals surface area contributed by atoms with Crippen LogP contribution in [0.3, 0.4) is 0 Å². The van der Waals surface area contributed by atoms with Crippen LogP contribution in [0.5, 0.6) is 0 Å². The lowest BCUT2D eigenvalue weighted by Gasteiger charge is -2.34. The lowest BCUT2D eigenvalue weighted by molar-refractivity contribution is -0.0518. The number of rotatable bonds is 5. The molecule has 0 spiro atoms. The second kappa shape index (κ2) is 6.30. The Labute approximate surface area is 113 Å². The third kappa shape index (κ3) is 3.22. The minimum absolute atomic E-state index is 0.0973. The number of nitrogens with zero attached hydrogens (tertiary/aromatic N) is 1. The van der Waals surface area contributed by atoms with Gasteiger partial charge in [-0.15, -0.1) is 0 Å². The fourth-order valence-corrected chi connectivity index (χ4v) is 2.73. The van der Waals surface area contributed by atoms with Gasteiger partial charge in [-0.3, -0.25) is 4.79 Å². The summed E-state index contributed by atoms with van der Waals surface area (Å²) in [6, 6.07) is 1.55. The first-order valence-electron chi connectivity index (χ1n) is 7.07. The molecule has 106 valence electrons. The molecule has 2 rings (SSSR count). The summed E-state index contributed by atoms with van der Waals surface area (Å²) in [5, 5.41) is 3.20. The first-order chi connectivity index (χ1) is 9.20. The summed E-state index contributed by atoms with van der Waals surface area (Å²) in [7, 11) is 1.71. The summed E-state index contributed by atoms with van der Waals surface area (Å²) in [6.07, 6.45) is 5.32. The van der Waals surface area contributed by atoms with Gasteiger partial charge in [-0.1, -0.05) is 26.2 Å². The van der Waals surface area contributed by atoms with Gasteiger partial charge >= 0.3 is 0 Å². The Morgan fingerprint density at radius 3 is 2.79 bits per heavy atom. The van der Waals surface area contributed by atoms with Gasteiger partial charge in [-0.2, -0.15) is 0 Å². The molecule has 0 amide bonds. The Balaban J connectivity index is 2.31. The monoisotopic (exact) mass is 265 g/mol. The van der Waals surface area contributed by atoms with Crippen molar-refractivity contribution in [2.45, 2.75) is 51.2 Å². The molecule has 0 aliphatic heterocycles. The van der Waals surface area contributed by atoms with Gasteiger partial charge in [0.25, 0.3) is 5.56 Å². The third-order valence-corrected chi connectivity index (χ3v) is 3.83. The molecule has 1 heterocycles. The van der Waals surface area contributed by atoms with Gasteiger partial charge in [0.05, 0.1) is 5.69 Å². The Kier molecular flexibility index (Phi) is 4.71. The number of aromatic amines is 1. The highest BCUT2D eigenvalue weighted by Crippen LogP contribution is 2.37. The number of hydrogen-bond acceptors (Lipinski definition) is 4. The fourth-order valence-electron chi connectivity index (χ4n) is 2.73. The zero-order valence-electron chi connectivity index (χ0n) is 11.8. The zero-order chi connectivity index (χ0) is 13.7. The minimum Gasteiger partial charge on any atom is -0.370 e. The van der Waals surface area contributed by atoms with Crippen molar-refractivity contribution in [1.29, 1.82) is 0 Å². The highest BCUT2D eigenvalue weighted by Gasteiger charge is 2.36. The molecule has 2 N–H and O–H groups in total. The van der Waals surface area contributed by atoms with E-state index in [1.54, 1.807) is 13.2 Å². The molecule has 1 aliphatic carbocycles. The second-order valence-corrected chi connectivity index (χ2v) is 5.12. The smallest absolute Gasteiger partial charge is 0.251 e. The van der Waals surface area contributed by atoms with Crippen molar-refractivity contribution in [2.75, 3.05) is 13.7 Å². The van der Waals surface area contributed by atoms with E-state index in [1.807, 2.05) is 6.92 Å². The van der Waals surface area contributed by atoms with Crippen molar-refractivity contribution < 1.29 is 4.74 Å². The third-order valence-electron chi connectivity index (χ3n) is 3.83. The van der Waals surface area contributed by atoms with E-state index in [4.69, 9.17) is 4.74 Å². The number of H-pyrrole nitrogens is 1. The van der Waals surface area contributed by atoms with E-state index < -0.39 is 5.60 Å². The maximum atomic E-state index is 11.8. The first kappa shape index (κ1) is 14.2. The van der Waals surface area contributed by atoms with Crippen LogP contribution in [-0.2, 0) is 16.9 Å². The minimum atomic E-state index is -0.403. The molecule has 1 aromatic heterocycles. The zero-order valence-corrected chi connectivity index (χ0v) is 11.8. The van der Waals surface area contributed by atoms with Crippen LogP contribution in [0.1, 0.15) is 50.5 Å². The van der Waals surface area contributed by atoms with Gasteiger partial charge in [0, 0.05) is 19.7 Å². The van der Waals surface area contributed by atoms with Crippen LogP contribution in [0.4, 0.5) is 0 Å². The Bertz CT molecular complexity index is 464. The molecule has 0 unspecified atom stereocenters. The topological polar surface area (TPSA) is 67.0 Å². The molecule has 0 atom stereocenters. The van der Waals surface area contributed by atoms with Gasteiger partial charge in [0.15, 0.2) is 0 Å². The van der Waals surface area contributed by atoms with Crippen LogP contribution in [0.2, 0.25) is 0 Å². The number of nitrogens with one attached hydrogen (secondary N) is 2. The largest absolute Gasteiger partial charge is 0.370 e. The Morgan fingerprint density at radius 2 is 2.16 bits per heavy atom. The Morgan fingerprint density at radius 1 is 1.42 bits per heavy atom.